The molecule has 1 N–H and O–H groups in total. The lowest BCUT2D eigenvalue weighted by Gasteiger charge is -2.16. The molecule has 0 atom stereocenters. The van der Waals surface area contributed by atoms with Crippen molar-refractivity contribution in [2.75, 3.05) is 0 Å². The molecule has 3 nitrogen and oxygen atoms in total. The summed E-state index contributed by atoms with van der Waals surface area (Å²) in [6, 6.07) is 0. The van der Waals surface area contributed by atoms with Crippen molar-refractivity contribution in [2.45, 2.75) is 50.9 Å². The molecule has 1 aromatic heterocycles. The van der Waals surface area contributed by atoms with Gasteiger partial charge >= 0.3 is 4.84 Å². The van der Waals surface area contributed by atoms with Gasteiger partial charge in [0.05, 0.1) is 0 Å². The van der Waals surface area contributed by atoms with Crippen LogP contribution in [0.1, 0.15) is 56.7 Å². The second kappa shape index (κ2) is 4.73. The fourth-order valence-corrected chi connectivity index (χ4v) is 2.28. The fraction of sp³-hybridized carbons (Fsp3) is 0.800. The predicted octanol–water partition coefficient (Wildman–Crippen LogP) is 3.56. The summed E-state index contributed by atoms with van der Waals surface area (Å²) in [7, 11) is 0. The van der Waals surface area contributed by atoms with Crippen molar-refractivity contribution < 1.29 is 4.52 Å². The van der Waals surface area contributed by atoms with Gasteiger partial charge in [-0.2, -0.15) is 4.98 Å². The van der Waals surface area contributed by atoms with Crippen LogP contribution in [0.2, 0.25) is 0 Å². The molecule has 1 fully saturated rings. The van der Waals surface area contributed by atoms with Gasteiger partial charge < -0.3 is 4.52 Å². The highest BCUT2D eigenvalue weighted by Gasteiger charge is 2.16. The van der Waals surface area contributed by atoms with E-state index in [9.17, 15) is 0 Å². The van der Waals surface area contributed by atoms with Gasteiger partial charge in [0.15, 0.2) is 0 Å². The minimum absolute atomic E-state index is 0.335. The number of rotatable bonds is 1. The number of nitrogens with one attached hydrogen (secondary N) is 1. The van der Waals surface area contributed by atoms with Gasteiger partial charge in [0.2, 0.25) is 0 Å². The van der Waals surface area contributed by atoms with Crippen LogP contribution in [-0.2, 0) is 0 Å². The van der Waals surface area contributed by atoms with Gasteiger partial charge in [-0.05, 0) is 25.1 Å². The number of aromatic nitrogens is 2. The Morgan fingerprint density at radius 3 is 2.36 bits per heavy atom. The lowest BCUT2D eigenvalue weighted by atomic mass is 9.91. The smallest absolute Gasteiger partial charge is 0.314 e. The molecule has 0 saturated heterocycles. The maximum absolute atomic E-state index is 4.97. The van der Waals surface area contributed by atoms with Gasteiger partial charge in [-0.15, -0.1) is 0 Å². The number of aromatic amines is 1. The molecule has 14 heavy (non-hydrogen) atoms. The molecular weight excluding hydrogens is 196 g/mol. The van der Waals surface area contributed by atoms with Crippen LogP contribution in [0.15, 0.2) is 4.52 Å². The zero-order valence-electron chi connectivity index (χ0n) is 8.29. The molecule has 0 unspecified atom stereocenters. The van der Waals surface area contributed by atoms with Crippen molar-refractivity contribution in [3.05, 3.63) is 10.7 Å². The predicted molar refractivity (Wildman–Crippen MR) is 56.7 cm³/mol. The van der Waals surface area contributed by atoms with Gasteiger partial charge in [-0.1, -0.05) is 32.1 Å². The molecule has 0 aromatic carbocycles. The van der Waals surface area contributed by atoms with Crippen LogP contribution in [0.25, 0.3) is 0 Å². The van der Waals surface area contributed by atoms with Gasteiger partial charge in [0, 0.05) is 5.92 Å². The Morgan fingerprint density at radius 2 is 1.79 bits per heavy atom. The lowest BCUT2D eigenvalue weighted by molar-refractivity contribution is 0.379. The molecule has 78 valence electrons. The third-order valence-electron chi connectivity index (χ3n) is 2.95. The van der Waals surface area contributed by atoms with E-state index in [1.165, 1.54) is 44.9 Å². The van der Waals surface area contributed by atoms with E-state index in [0.29, 0.717) is 10.8 Å². The van der Waals surface area contributed by atoms with E-state index in [1.54, 1.807) is 0 Å². The highest BCUT2D eigenvalue weighted by Crippen LogP contribution is 2.28. The van der Waals surface area contributed by atoms with Gasteiger partial charge in [0.25, 0.3) is 0 Å². The first kappa shape index (κ1) is 9.90. The van der Waals surface area contributed by atoms with Crippen LogP contribution in [0, 0.1) is 4.84 Å². The van der Waals surface area contributed by atoms with Crippen molar-refractivity contribution in [1.29, 1.82) is 0 Å². The maximum Gasteiger partial charge on any atom is 0.314 e. The standard InChI is InChI=1S/C10H16N2OS/c14-10-11-9(12-13-10)8-6-4-2-1-3-5-7-8/h8H,1-7H2,(H,11,12,14). The van der Waals surface area contributed by atoms with Gasteiger partial charge in [-0.3, -0.25) is 0 Å². The van der Waals surface area contributed by atoms with Crippen LogP contribution in [0.3, 0.4) is 0 Å². The molecule has 0 radical (unpaired) electrons. The Balaban J connectivity index is 2.04. The topological polar surface area (TPSA) is 41.8 Å². The maximum atomic E-state index is 4.97. The van der Waals surface area contributed by atoms with Crippen molar-refractivity contribution in [1.82, 2.24) is 10.1 Å². The molecule has 1 saturated carbocycles. The van der Waals surface area contributed by atoms with Crippen LogP contribution < -0.4 is 0 Å². The number of nitrogens with zero attached hydrogens (tertiary/aromatic N) is 1. The van der Waals surface area contributed by atoms with Gasteiger partial charge in [0.1, 0.15) is 5.82 Å². The number of H-pyrrole nitrogens is 1. The molecule has 2 rings (SSSR count). The molecule has 0 aliphatic heterocycles. The number of hydrogen-bond acceptors (Lipinski definition) is 3. The Labute approximate surface area is 88.9 Å². The first-order chi connectivity index (χ1) is 6.86. The quantitative estimate of drug-likeness (QED) is 0.724. The van der Waals surface area contributed by atoms with E-state index in [2.05, 4.69) is 10.1 Å². The molecule has 0 amide bonds. The minimum atomic E-state index is 0.335. The van der Waals surface area contributed by atoms with Crippen LogP contribution in [-0.4, -0.2) is 10.1 Å². The van der Waals surface area contributed by atoms with E-state index >= 15 is 0 Å². The monoisotopic (exact) mass is 212 g/mol. The average molecular weight is 212 g/mol. The van der Waals surface area contributed by atoms with Crippen molar-refractivity contribution in [3.8, 4) is 0 Å². The molecule has 0 bridgehead atoms. The van der Waals surface area contributed by atoms with Crippen molar-refractivity contribution in [3.63, 3.8) is 0 Å². The second-order valence-electron chi connectivity index (χ2n) is 4.01. The zero-order valence-corrected chi connectivity index (χ0v) is 9.11. The van der Waals surface area contributed by atoms with Crippen LogP contribution in [0.5, 0.6) is 0 Å². The lowest BCUT2D eigenvalue weighted by Crippen LogP contribution is -2.04. The van der Waals surface area contributed by atoms with Gasteiger partial charge in [-0.25, -0.2) is 5.16 Å². The van der Waals surface area contributed by atoms with Crippen LogP contribution >= 0.6 is 12.2 Å². The third kappa shape index (κ3) is 2.44. The highest BCUT2D eigenvalue weighted by molar-refractivity contribution is 7.71. The third-order valence-corrected chi connectivity index (χ3v) is 3.12. The Kier molecular flexibility index (Phi) is 3.35. The summed E-state index contributed by atoms with van der Waals surface area (Å²) in [5.74, 6) is 1.49. The SMILES string of the molecule is S=c1nc(C2CCCCCCC2)[nH]o1. The summed E-state index contributed by atoms with van der Waals surface area (Å²) in [5, 5.41) is 2.83. The summed E-state index contributed by atoms with van der Waals surface area (Å²) in [4.78, 5) is 4.53. The van der Waals surface area contributed by atoms with E-state index in [0.717, 1.165) is 5.82 Å². The first-order valence-corrected chi connectivity index (χ1v) is 5.82. The summed E-state index contributed by atoms with van der Waals surface area (Å²) in [6.45, 7) is 0. The molecule has 1 aromatic rings. The molecule has 0 spiro atoms. The van der Waals surface area contributed by atoms with Crippen molar-refractivity contribution in [2.24, 2.45) is 0 Å². The second-order valence-corrected chi connectivity index (χ2v) is 4.36. The molecule has 4 heteroatoms. The number of hydrogen-bond donors (Lipinski definition) is 1. The van der Waals surface area contributed by atoms with Crippen LogP contribution in [0.4, 0.5) is 0 Å². The summed E-state index contributed by atoms with van der Waals surface area (Å²) in [6.07, 6.45) is 9.15. The van der Waals surface area contributed by atoms with E-state index in [4.69, 9.17) is 16.7 Å². The Morgan fingerprint density at radius 1 is 1.14 bits per heavy atom. The Bertz CT molecular complexity index is 323. The first-order valence-electron chi connectivity index (χ1n) is 5.41. The summed E-state index contributed by atoms with van der Waals surface area (Å²) in [5.41, 5.74) is 0. The molecule has 1 aliphatic rings. The largest absolute Gasteiger partial charge is 0.348 e. The minimum Gasteiger partial charge on any atom is -0.348 e. The molecule has 1 aliphatic carbocycles. The highest BCUT2D eigenvalue weighted by atomic mass is 32.1. The Hall–Kier alpha value is -0.640. The van der Waals surface area contributed by atoms with E-state index in [1.807, 2.05) is 0 Å². The molecule has 1 heterocycles. The summed E-state index contributed by atoms with van der Waals surface area (Å²) < 4.78 is 4.97. The summed E-state index contributed by atoms with van der Waals surface area (Å²) >= 11 is 4.85. The fourth-order valence-electron chi connectivity index (χ4n) is 2.14. The van der Waals surface area contributed by atoms with Crippen molar-refractivity contribution >= 4 is 12.2 Å². The zero-order chi connectivity index (χ0) is 9.80. The van der Waals surface area contributed by atoms with E-state index in [-0.39, 0.29) is 0 Å². The molecular formula is C10H16N2OS. The van der Waals surface area contributed by atoms with E-state index < -0.39 is 0 Å². The average Bonchev–Trinajstić information content (AvgIpc) is 2.51. The normalized spacial score (nSPS) is 20.3.